The lowest BCUT2D eigenvalue weighted by Gasteiger charge is -2.05. The van der Waals surface area contributed by atoms with Crippen molar-refractivity contribution >= 4 is 33.7 Å². The summed E-state index contributed by atoms with van der Waals surface area (Å²) in [7, 11) is 1.76. The molecule has 4 aromatic rings. The van der Waals surface area contributed by atoms with Crippen LogP contribution in [0.25, 0.3) is 22.1 Å². The minimum absolute atomic E-state index is 0.178. The highest BCUT2D eigenvalue weighted by Crippen LogP contribution is 2.18. The molecular formula is C16H14N6O. The van der Waals surface area contributed by atoms with E-state index in [2.05, 4.69) is 25.5 Å². The number of benzene rings is 2. The SMILES string of the molecule is Cc1nc2ccc(C(=O)Nc3ccc4nn(C)nc4c3)cc2[nH]1. The van der Waals surface area contributed by atoms with E-state index in [1.807, 2.05) is 25.1 Å². The van der Waals surface area contributed by atoms with Crippen LogP contribution in [0.5, 0.6) is 0 Å². The molecule has 2 aromatic heterocycles. The summed E-state index contributed by atoms with van der Waals surface area (Å²) in [5, 5.41) is 11.3. The Bertz CT molecular complexity index is 1050. The van der Waals surface area contributed by atoms with E-state index in [0.29, 0.717) is 11.3 Å². The summed E-state index contributed by atoms with van der Waals surface area (Å²) < 4.78 is 0. The number of rotatable bonds is 2. The third-order valence-corrected chi connectivity index (χ3v) is 3.60. The summed E-state index contributed by atoms with van der Waals surface area (Å²) >= 11 is 0. The Labute approximate surface area is 131 Å². The van der Waals surface area contributed by atoms with Crippen LogP contribution in [0, 0.1) is 6.92 Å². The number of carbonyl (C=O) groups is 1. The highest BCUT2D eigenvalue weighted by atomic mass is 16.1. The highest BCUT2D eigenvalue weighted by Gasteiger charge is 2.10. The van der Waals surface area contributed by atoms with Gasteiger partial charge in [0.05, 0.1) is 11.0 Å². The van der Waals surface area contributed by atoms with Gasteiger partial charge in [-0.2, -0.15) is 15.0 Å². The van der Waals surface area contributed by atoms with Crippen molar-refractivity contribution in [1.82, 2.24) is 25.0 Å². The number of hydrogen-bond acceptors (Lipinski definition) is 4. The smallest absolute Gasteiger partial charge is 0.255 e. The topological polar surface area (TPSA) is 88.5 Å². The standard InChI is InChI=1S/C16H14N6O/c1-9-17-12-5-3-10(7-14(12)18-9)16(23)19-11-4-6-13-15(8-11)21-22(2)20-13/h3-8H,1-2H3,(H,17,18)(H,19,23). The quantitative estimate of drug-likeness (QED) is 0.595. The molecule has 4 rings (SSSR count). The molecule has 2 heterocycles. The Kier molecular flexibility index (Phi) is 2.87. The van der Waals surface area contributed by atoms with E-state index in [9.17, 15) is 4.79 Å². The molecule has 7 heteroatoms. The van der Waals surface area contributed by atoms with Crippen LogP contribution in [-0.2, 0) is 7.05 Å². The zero-order valence-electron chi connectivity index (χ0n) is 12.7. The molecule has 0 saturated heterocycles. The fourth-order valence-corrected chi connectivity index (χ4v) is 2.58. The molecule has 2 aromatic carbocycles. The Balaban J connectivity index is 1.63. The number of amides is 1. The van der Waals surface area contributed by atoms with Crippen molar-refractivity contribution in [2.75, 3.05) is 5.32 Å². The van der Waals surface area contributed by atoms with Crippen LogP contribution in [0.4, 0.5) is 5.69 Å². The van der Waals surface area contributed by atoms with Gasteiger partial charge >= 0.3 is 0 Å². The second-order valence-corrected chi connectivity index (χ2v) is 5.40. The monoisotopic (exact) mass is 306 g/mol. The van der Waals surface area contributed by atoms with Crippen molar-refractivity contribution in [3.8, 4) is 0 Å². The van der Waals surface area contributed by atoms with Crippen LogP contribution >= 0.6 is 0 Å². The Morgan fingerprint density at radius 2 is 1.87 bits per heavy atom. The molecule has 114 valence electrons. The Hall–Kier alpha value is -3.22. The first kappa shape index (κ1) is 13.4. The van der Waals surface area contributed by atoms with E-state index < -0.39 is 0 Å². The largest absolute Gasteiger partial charge is 0.342 e. The van der Waals surface area contributed by atoms with E-state index in [4.69, 9.17) is 0 Å². The van der Waals surface area contributed by atoms with Crippen molar-refractivity contribution in [3.63, 3.8) is 0 Å². The Morgan fingerprint density at radius 1 is 1.09 bits per heavy atom. The van der Waals surface area contributed by atoms with E-state index in [1.54, 1.807) is 25.2 Å². The number of imidazole rings is 1. The van der Waals surface area contributed by atoms with Crippen LogP contribution in [-0.4, -0.2) is 30.9 Å². The van der Waals surface area contributed by atoms with E-state index in [1.165, 1.54) is 4.80 Å². The molecule has 0 spiro atoms. The van der Waals surface area contributed by atoms with Gasteiger partial charge in [-0.15, -0.1) is 0 Å². The van der Waals surface area contributed by atoms with Crippen molar-refractivity contribution < 1.29 is 4.79 Å². The summed E-state index contributed by atoms with van der Waals surface area (Å²) in [4.78, 5) is 21.4. The summed E-state index contributed by atoms with van der Waals surface area (Å²) in [6.45, 7) is 1.88. The molecular weight excluding hydrogens is 292 g/mol. The van der Waals surface area contributed by atoms with E-state index in [-0.39, 0.29) is 5.91 Å². The van der Waals surface area contributed by atoms with Gasteiger partial charge in [0.1, 0.15) is 16.9 Å². The fourth-order valence-electron chi connectivity index (χ4n) is 2.58. The maximum atomic E-state index is 12.4. The van der Waals surface area contributed by atoms with E-state index in [0.717, 1.165) is 27.9 Å². The predicted octanol–water partition coefficient (Wildman–Crippen LogP) is 2.41. The van der Waals surface area contributed by atoms with Gasteiger partial charge in [-0.3, -0.25) is 4.79 Å². The third-order valence-electron chi connectivity index (χ3n) is 3.60. The van der Waals surface area contributed by atoms with Gasteiger partial charge in [-0.05, 0) is 43.3 Å². The minimum atomic E-state index is -0.178. The predicted molar refractivity (Wildman–Crippen MR) is 87.3 cm³/mol. The van der Waals surface area contributed by atoms with Gasteiger partial charge in [-0.25, -0.2) is 4.98 Å². The molecule has 0 atom stereocenters. The summed E-state index contributed by atoms with van der Waals surface area (Å²) in [6, 6.07) is 10.8. The number of fused-ring (bicyclic) bond motifs is 2. The zero-order valence-corrected chi connectivity index (χ0v) is 12.7. The van der Waals surface area contributed by atoms with Crippen LogP contribution in [0.2, 0.25) is 0 Å². The molecule has 0 saturated carbocycles. The molecule has 1 amide bonds. The summed E-state index contributed by atoms with van der Waals surface area (Å²) in [5.41, 5.74) is 4.48. The van der Waals surface area contributed by atoms with Gasteiger partial charge in [0.25, 0.3) is 5.91 Å². The van der Waals surface area contributed by atoms with Gasteiger partial charge in [0.15, 0.2) is 0 Å². The number of aromatic nitrogens is 5. The molecule has 2 N–H and O–H groups in total. The Morgan fingerprint density at radius 3 is 2.74 bits per heavy atom. The maximum Gasteiger partial charge on any atom is 0.255 e. The first-order chi connectivity index (χ1) is 11.1. The van der Waals surface area contributed by atoms with Crippen molar-refractivity contribution in [2.24, 2.45) is 7.05 Å². The maximum absolute atomic E-state index is 12.4. The van der Waals surface area contributed by atoms with Crippen molar-refractivity contribution in [2.45, 2.75) is 6.92 Å². The van der Waals surface area contributed by atoms with Crippen molar-refractivity contribution in [1.29, 1.82) is 0 Å². The molecule has 0 aliphatic heterocycles. The van der Waals surface area contributed by atoms with Crippen LogP contribution in [0.3, 0.4) is 0 Å². The van der Waals surface area contributed by atoms with E-state index >= 15 is 0 Å². The first-order valence-electron chi connectivity index (χ1n) is 7.17. The second-order valence-electron chi connectivity index (χ2n) is 5.40. The van der Waals surface area contributed by atoms with Gasteiger partial charge in [0, 0.05) is 18.3 Å². The molecule has 23 heavy (non-hydrogen) atoms. The number of aryl methyl sites for hydroxylation is 2. The molecule has 0 radical (unpaired) electrons. The minimum Gasteiger partial charge on any atom is -0.342 e. The number of nitrogens with zero attached hydrogens (tertiary/aromatic N) is 4. The van der Waals surface area contributed by atoms with Crippen molar-refractivity contribution in [3.05, 3.63) is 47.8 Å². The van der Waals surface area contributed by atoms with Gasteiger partial charge < -0.3 is 10.3 Å². The molecule has 0 aliphatic carbocycles. The number of anilines is 1. The number of H-pyrrole nitrogens is 1. The molecule has 0 bridgehead atoms. The fraction of sp³-hybridized carbons (Fsp3) is 0.125. The van der Waals surface area contributed by atoms with Crippen LogP contribution in [0.1, 0.15) is 16.2 Å². The lowest BCUT2D eigenvalue weighted by atomic mass is 10.2. The molecule has 0 aliphatic rings. The zero-order chi connectivity index (χ0) is 16.0. The number of carbonyl (C=O) groups excluding carboxylic acids is 1. The second kappa shape index (κ2) is 4.91. The normalized spacial score (nSPS) is 11.2. The average Bonchev–Trinajstić information content (AvgIpc) is 3.06. The number of hydrogen-bond donors (Lipinski definition) is 2. The number of aromatic amines is 1. The van der Waals surface area contributed by atoms with Gasteiger partial charge in [-0.1, -0.05) is 0 Å². The first-order valence-corrected chi connectivity index (χ1v) is 7.17. The number of nitrogens with one attached hydrogen (secondary N) is 2. The lowest BCUT2D eigenvalue weighted by Crippen LogP contribution is -2.11. The highest BCUT2D eigenvalue weighted by molar-refractivity contribution is 6.06. The molecule has 7 nitrogen and oxygen atoms in total. The average molecular weight is 306 g/mol. The lowest BCUT2D eigenvalue weighted by molar-refractivity contribution is 0.102. The van der Waals surface area contributed by atoms with Gasteiger partial charge in [0.2, 0.25) is 0 Å². The third kappa shape index (κ3) is 2.42. The summed E-state index contributed by atoms with van der Waals surface area (Å²) in [5.74, 6) is 0.646. The van der Waals surface area contributed by atoms with Crippen LogP contribution in [0.15, 0.2) is 36.4 Å². The molecule has 0 fully saturated rings. The van der Waals surface area contributed by atoms with Crippen LogP contribution < -0.4 is 5.32 Å². The summed E-state index contributed by atoms with van der Waals surface area (Å²) in [6.07, 6.45) is 0. The molecule has 0 unspecified atom stereocenters.